The number of aliphatic hydroxyl groups excluding tert-OH is 1. The zero-order chi connectivity index (χ0) is 71.2. The first-order valence-corrected chi connectivity index (χ1v) is 43.7. The number of ether oxygens (including phenoxy) is 4. The Morgan fingerprint density at radius 2 is 0.495 bits per heavy atom. The smallest absolute Gasteiger partial charge is 0.462 e. The number of aliphatic hydroxyl groups is 1. The predicted molar refractivity (Wildman–Crippen MR) is 395 cm³/mol. The highest BCUT2D eigenvalue weighted by Crippen LogP contribution is 2.45. The van der Waals surface area contributed by atoms with Gasteiger partial charge in [0.25, 0.3) is 0 Å². The fourth-order valence-corrected chi connectivity index (χ4v) is 13.6. The summed E-state index contributed by atoms with van der Waals surface area (Å²) in [6, 6.07) is 0. The number of rotatable bonds is 78. The SMILES string of the molecule is CCCCCCCCCCCCCCCCCCCCCCC(=O)O[C@H](COC(=O)CCCCCCCCCCCCCCCCCC)COP(=O)(O)OC[C@@H](O)COP(=O)(O)OC[C@@H](COC(=O)CCCCCCCCC(C)CC)OC(=O)CCCCCCCCCCCCC. The maximum Gasteiger partial charge on any atom is 0.472 e. The van der Waals surface area contributed by atoms with Crippen molar-refractivity contribution < 1.29 is 80.2 Å². The summed E-state index contributed by atoms with van der Waals surface area (Å²) in [5.74, 6) is -1.38. The largest absolute Gasteiger partial charge is 0.472 e. The van der Waals surface area contributed by atoms with E-state index in [-0.39, 0.29) is 25.7 Å². The van der Waals surface area contributed by atoms with Crippen molar-refractivity contribution in [3.05, 3.63) is 0 Å². The molecule has 17 nitrogen and oxygen atoms in total. The molecule has 6 atom stereocenters. The van der Waals surface area contributed by atoms with Gasteiger partial charge in [-0.25, -0.2) is 9.13 Å². The molecule has 0 radical (unpaired) electrons. The van der Waals surface area contributed by atoms with Gasteiger partial charge in [0.2, 0.25) is 0 Å². The average molecular weight is 1420 g/mol. The molecular weight excluding hydrogens is 1270 g/mol. The van der Waals surface area contributed by atoms with Gasteiger partial charge in [-0.3, -0.25) is 37.3 Å². The lowest BCUT2D eigenvalue weighted by Crippen LogP contribution is -2.30. The Balaban J connectivity index is 5.21. The molecule has 0 amide bonds. The molecule has 3 unspecified atom stereocenters. The van der Waals surface area contributed by atoms with Crippen molar-refractivity contribution in [3.8, 4) is 0 Å². The monoisotopic (exact) mass is 1420 g/mol. The summed E-state index contributed by atoms with van der Waals surface area (Å²) in [4.78, 5) is 72.8. The Labute approximate surface area is 594 Å². The standard InChI is InChI=1S/C78H152O17P2/c1-6-10-13-16-19-22-25-27-29-31-32-33-34-36-38-41-44-47-54-59-64-78(83)94-73(67-88-75(80)61-56-51-45-42-40-37-35-30-28-26-23-20-17-14-11-7-2)69-92-96(84,85)90-65-72(79)66-91-97(86,87)93-70-74(68-89-76(81)62-57-52-49-48-50-55-60-71(5)9-4)95-77(82)63-58-53-46-43-39-24-21-18-15-12-8-3/h71-74,79H,6-70H2,1-5H3,(H,84,85)(H,86,87)/t71?,72-,73-,74-/m1/s1. The topological polar surface area (TPSA) is 237 Å². The number of hydrogen-bond donors (Lipinski definition) is 3. The van der Waals surface area contributed by atoms with Crippen molar-refractivity contribution in [2.75, 3.05) is 39.6 Å². The molecule has 0 aromatic heterocycles. The summed E-state index contributed by atoms with van der Waals surface area (Å²) >= 11 is 0. The van der Waals surface area contributed by atoms with Crippen LogP contribution in [-0.4, -0.2) is 96.7 Å². The highest BCUT2D eigenvalue weighted by molar-refractivity contribution is 7.47. The van der Waals surface area contributed by atoms with Crippen molar-refractivity contribution in [3.63, 3.8) is 0 Å². The number of carbonyl (C=O) groups excluding carboxylic acids is 4. The summed E-state index contributed by atoms with van der Waals surface area (Å²) in [5, 5.41) is 10.6. The van der Waals surface area contributed by atoms with Gasteiger partial charge >= 0.3 is 39.5 Å². The van der Waals surface area contributed by atoms with Crippen LogP contribution in [0.1, 0.15) is 413 Å². The second-order valence-corrected chi connectivity index (χ2v) is 31.3. The Kier molecular flexibility index (Phi) is 69.6. The Morgan fingerprint density at radius 3 is 0.732 bits per heavy atom. The molecule has 0 fully saturated rings. The average Bonchev–Trinajstić information content (AvgIpc) is 1.45. The Morgan fingerprint density at radius 1 is 0.289 bits per heavy atom. The number of phosphoric ester groups is 2. The van der Waals surface area contributed by atoms with Crippen LogP contribution in [0, 0.1) is 5.92 Å². The maximum absolute atomic E-state index is 13.1. The summed E-state index contributed by atoms with van der Waals surface area (Å²) in [7, 11) is -9.91. The number of hydrogen-bond acceptors (Lipinski definition) is 15. The van der Waals surface area contributed by atoms with Crippen LogP contribution in [0.3, 0.4) is 0 Å². The summed E-state index contributed by atoms with van der Waals surface area (Å²) in [6.45, 7) is 7.26. The summed E-state index contributed by atoms with van der Waals surface area (Å²) in [5.41, 5.74) is 0. The lowest BCUT2D eigenvalue weighted by Gasteiger charge is -2.21. The van der Waals surface area contributed by atoms with Crippen molar-refractivity contribution >= 4 is 39.5 Å². The quantitative estimate of drug-likeness (QED) is 0.0222. The first kappa shape index (κ1) is 95.1. The van der Waals surface area contributed by atoms with E-state index in [1.165, 1.54) is 231 Å². The van der Waals surface area contributed by atoms with Crippen LogP contribution in [0.2, 0.25) is 0 Å². The first-order valence-electron chi connectivity index (χ1n) is 40.7. The van der Waals surface area contributed by atoms with Crippen LogP contribution in [0.15, 0.2) is 0 Å². The van der Waals surface area contributed by atoms with Crippen molar-refractivity contribution in [2.24, 2.45) is 5.92 Å². The van der Waals surface area contributed by atoms with Gasteiger partial charge in [-0.15, -0.1) is 0 Å². The van der Waals surface area contributed by atoms with Crippen molar-refractivity contribution in [1.29, 1.82) is 0 Å². The van der Waals surface area contributed by atoms with Gasteiger partial charge in [0.15, 0.2) is 12.2 Å². The number of carbonyl (C=O) groups is 4. The molecule has 0 aliphatic rings. The minimum atomic E-state index is -4.96. The molecule has 97 heavy (non-hydrogen) atoms. The molecular formula is C78H152O17P2. The third-order valence-corrected chi connectivity index (χ3v) is 20.5. The van der Waals surface area contributed by atoms with Crippen LogP contribution < -0.4 is 0 Å². The zero-order valence-electron chi connectivity index (χ0n) is 63.2. The van der Waals surface area contributed by atoms with Crippen molar-refractivity contribution in [1.82, 2.24) is 0 Å². The molecule has 0 saturated heterocycles. The van der Waals surface area contributed by atoms with Gasteiger partial charge in [0, 0.05) is 25.7 Å². The molecule has 0 saturated carbocycles. The van der Waals surface area contributed by atoms with E-state index in [0.717, 1.165) is 102 Å². The molecule has 0 aromatic rings. The van der Waals surface area contributed by atoms with Gasteiger partial charge in [0.1, 0.15) is 19.3 Å². The van der Waals surface area contributed by atoms with Gasteiger partial charge in [-0.05, 0) is 31.6 Å². The van der Waals surface area contributed by atoms with Gasteiger partial charge in [-0.1, -0.05) is 362 Å². The fraction of sp³-hybridized carbons (Fsp3) is 0.949. The van der Waals surface area contributed by atoms with Crippen LogP contribution >= 0.6 is 15.6 Å². The van der Waals surface area contributed by atoms with E-state index in [0.29, 0.717) is 25.7 Å². The van der Waals surface area contributed by atoms with E-state index >= 15 is 0 Å². The van der Waals surface area contributed by atoms with Gasteiger partial charge in [0.05, 0.1) is 26.4 Å². The maximum atomic E-state index is 13.1. The molecule has 576 valence electrons. The Bertz CT molecular complexity index is 1860. The number of unbranched alkanes of at least 4 members (excludes halogenated alkanes) is 49. The second kappa shape index (κ2) is 71.1. The molecule has 0 aromatic carbocycles. The van der Waals surface area contributed by atoms with E-state index in [2.05, 4.69) is 34.6 Å². The molecule has 19 heteroatoms. The van der Waals surface area contributed by atoms with E-state index in [4.69, 9.17) is 37.0 Å². The van der Waals surface area contributed by atoms with Crippen LogP contribution in [0.5, 0.6) is 0 Å². The molecule has 0 aliphatic heterocycles. The number of esters is 4. The molecule has 0 aliphatic carbocycles. The van der Waals surface area contributed by atoms with Crippen LogP contribution in [0.4, 0.5) is 0 Å². The van der Waals surface area contributed by atoms with Gasteiger partial charge in [-0.2, -0.15) is 0 Å². The molecule has 0 spiro atoms. The third kappa shape index (κ3) is 70.9. The minimum Gasteiger partial charge on any atom is -0.462 e. The second-order valence-electron chi connectivity index (χ2n) is 28.3. The molecule has 0 heterocycles. The number of phosphoric acid groups is 2. The Hall–Kier alpha value is -1.94. The van der Waals surface area contributed by atoms with E-state index in [9.17, 15) is 43.2 Å². The van der Waals surface area contributed by atoms with Crippen LogP contribution in [0.25, 0.3) is 0 Å². The van der Waals surface area contributed by atoms with Crippen LogP contribution in [-0.2, 0) is 65.4 Å². The van der Waals surface area contributed by atoms with Crippen molar-refractivity contribution in [2.45, 2.75) is 432 Å². The molecule has 0 bridgehead atoms. The first-order chi connectivity index (χ1) is 47.1. The minimum absolute atomic E-state index is 0.106. The highest BCUT2D eigenvalue weighted by atomic mass is 31.2. The van der Waals surface area contributed by atoms with E-state index < -0.39 is 97.5 Å². The summed E-state index contributed by atoms with van der Waals surface area (Å²) in [6.07, 6.45) is 61.1. The highest BCUT2D eigenvalue weighted by Gasteiger charge is 2.30. The van der Waals surface area contributed by atoms with E-state index in [1.807, 2.05) is 0 Å². The predicted octanol–water partition coefficient (Wildman–Crippen LogP) is 23.3. The zero-order valence-corrected chi connectivity index (χ0v) is 65.0. The fourth-order valence-electron chi connectivity index (χ4n) is 12.0. The van der Waals surface area contributed by atoms with E-state index in [1.54, 1.807) is 0 Å². The third-order valence-electron chi connectivity index (χ3n) is 18.6. The lowest BCUT2D eigenvalue weighted by atomic mass is 10.00. The lowest BCUT2D eigenvalue weighted by molar-refractivity contribution is -0.161. The van der Waals surface area contributed by atoms with Gasteiger partial charge < -0.3 is 33.8 Å². The normalized spacial score (nSPS) is 14.2. The summed E-state index contributed by atoms with van der Waals surface area (Å²) < 4.78 is 68.6. The molecule has 0 rings (SSSR count). The molecule has 3 N–H and O–H groups in total.